The number of nitrogens with one attached hydrogen (secondary N) is 1. The number of carbonyl (C=O) groups excluding carboxylic acids is 1. The molecule has 1 atom stereocenters. The lowest BCUT2D eigenvalue weighted by Crippen LogP contribution is -2.23. The minimum absolute atomic E-state index is 0.212. The number of carbonyl (C=O) groups is 1. The predicted octanol–water partition coefficient (Wildman–Crippen LogP) is 3.69. The first-order valence-corrected chi connectivity index (χ1v) is 7.89. The molecule has 0 spiro atoms. The number of amides is 1. The van der Waals surface area contributed by atoms with Gasteiger partial charge in [0.15, 0.2) is 0 Å². The van der Waals surface area contributed by atoms with E-state index in [0.29, 0.717) is 18.7 Å². The molecule has 3 rings (SSSR count). The average molecular weight is 321 g/mol. The quantitative estimate of drug-likeness (QED) is 0.681. The third kappa shape index (κ3) is 3.91. The molecule has 3 aromatic rings. The summed E-state index contributed by atoms with van der Waals surface area (Å²) in [6.45, 7) is 0.395. The molecule has 4 heteroatoms. The maximum absolute atomic E-state index is 11.7. The van der Waals surface area contributed by atoms with E-state index in [4.69, 9.17) is 4.42 Å². The number of hydrogen-bond acceptors (Lipinski definition) is 3. The number of aliphatic hydroxyl groups excluding tert-OH is 1. The standard InChI is InChI=1S/C20H19NO3/c22-19(18-9-3-6-15-5-1-2-8-17(15)18)12-13-21-20(23)11-10-16-7-4-14-24-16/h1-11,14,19,22H,12-13H2,(H,21,23)/b11-10+. The van der Waals surface area contributed by atoms with Crippen LogP contribution < -0.4 is 5.32 Å². The highest BCUT2D eigenvalue weighted by molar-refractivity contribution is 5.91. The number of fused-ring (bicyclic) bond motifs is 1. The van der Waals surface area contributed by atoms with E-state index in [9.17, 15) is 9.90 Å². The fraction of sp³-hybridized carbons (Fsp3) is 0.150. The van der Waals surface area contributed by atoms with Crippen LogP contribution in [0.4, 0.5) is 0 Å². The van der Waals surface area contributed by atoms with E-state index in [1.54, 1.807) is 24.5 Å². The summed E-state index contributed by atoms with van der Waals surface area (Å²) in [4.78, 5) is 11.7. The lowest BCUT2D eigenvalue weighted by molar-refractivity contribution is -0.116. The Morgan fingerprint density at radius 1 is 1.12 bits per heavy atom. The number of furan rings is 1. The van der Waals surface area contributed by atoms with Crippen molar-refractivity contribution in [2.75, 3.05) is 6.54 Å². The van der Waals surface area contributed by atoms with Gasteiger partial charge in [-0.15, -0.1) is 0 Å². The van der Waals surface area contributed by atoms with Gasteiger partial charge in [0.2, 0.25) is 5.91 Å². The Bertz CT molecular complexity index is 832. The maximum atomic E-state index is 11.7. The minimum atomic E-state index is -0.620. The van der Waals surface area contributed by atoms with Crippen LogP contribution in [0.15, 0.2) is 71.4 Å². The van der Waals surface area contributed by atoms with Gasteiger partial charge in [-0.1, -0.05) is 42.5 Å². The van der Waals surface area contributed by atoms with Gasteiger partial charge in [-0.2, -0.15) is 0 Å². The Morgan fingerprint density at radius 3 is 2.79 bits per heavy atom. The first-order valence-electron chi connectivity index (χ1n) is 7.89. The lowest BCUT2D eigenvalue weighted by Gasteiger charge is -2.14. The van der Waals surface area contributed by atoms with Crippen molar-refractivity contribution in [2.45, 2.75) is 12.5 Å². The van der Waals surface area contributed by atoms with Gasteiger partial charge in [0, 0.05) is 12.6 Å². The van der Waals surface area contributed by atoms with Crippen molar-refractivity contribution in [1.82, 2.24) is 5.32 Å². The zero-order chi connectivity index (χ0) is 16.8. The smallest absolute Gasteiger partial charge is 0.244 e. The maximum Gasteiger partial charge on any atom is 0.244 e. The van der Waals surface area contributed by atoms with Gasteiger partial charge < -0.3 is 14.8 Å². The van der Waals surface area contributed by atoms with Crippen molar-refractivity contribution in [3.8, 4) is 0 Å². The van der Waals surface area contributed by atoms with Gasteiger partial charge in [-0.05, 0) is 41.0 Å². The zero-order valence-electron chi connectivity index (χ0n) is 13.2. The van der Waals surface area contributed by atoms with Crippen LogP contribution in [0.2, 0.25) is 0 Å². The second-order valence-corrected chi connectivity index (χ2v) is 5.51. The van der Waals surface area contributed by atoms with Crippen LogP contribution in [-0.4, -0.2) is 17.6 Å². The molecule has 0 bridgehead atoms. The second-order valence-electron chi connectivity index (χ2n) is 5.51. The lowest BCUT2D eigenvalue weighted by atomic mass is 9.99. The first-order chi connectivity index (χ1) is 11.7. The van der Waals surface area contributed by atoms with Gasteiger partial charge >= 0.3 is 0 Å². The van der Waals surface area contributed by atoms with E-state index in [1.807, 2.05) is 42.5 Å². The van der Waals surface area contributed by atoms with Crippen molar-refractivity contribution < 1.29 is 14.3 Å². The van der Waals surface area contributed by atoms with Gasteiger partial charge in [0.25, 0.3) is 0 Å². The zero-order valence-corrected chi connectivity index (χ0v) is 13.2. The minimum Gasteiger partial charge on any atom is -0.465 e. The molecule has 0 radical (unpaired) electrons. The summed E-state index contributed by atoms with van der Waals surface area (Å²) in [7, 11) is 0. The van der Waals surface area contributed by atoms with Crippen LogP contribution in [-0.2, 0) is 4.79 Å². The van der Waals surface area contributed by atoms with Gasteiger partial charge in [0.1, 0.15) is 5.76 Å². The molecule has 2 aromatic carbocycles. The van der Waals surface area contributed by atoms with Crippen molar-refractivity contribution >= 4 is 22.8 Å². The molecule has 0 saturated heterocycles. The summed E-state index contributed by atoms with van der Waals surface area (Å²) < 4.78 is 5.12. The third-order valence-electron chi connectivity index (χ3n) is 3.84. The normalized spacial score (nSPS) is 12.5. The second kappa shape index (κ2) is 7.62. The number of hydrogen-bond donors (Lipinski definition) is 2. The highest BCUT2D eigenvalue weighted by Crippen LogP contribution is 2.25. The average Bonchev–Trinajstić information content (AvgIpc) is 3.13. The Kier molecular flexibility index (Phi) is 5.08. The molecule has 1 heterocycles. The number of aliphatic hydroxyl groups is 1. The molecular weight excluding hydrogens is 302 g/mol. The van der Waals surface area contributed by atoms with Gasteiger partial charge in [-0.25, -0.2) is 0 Å². The predicted molar refractivity (Wildman–Crippen MR) is 94.3 cm³/mol. The van der Waals surface area contributed by atoms with Crippen molar-refractivity contribution in [2.24, 2.45) is 0 Å². The van der Waals surface area contributed by atoms with Crippen LogP contribution in [0.1, 0.15) is 23.8 Å². The number of benzene rings is 2. The molecule has 0 fully saturated rings. The largest absolute Gasteiger partial charge is 0.465 e. The fourth-order valence-corrected chi connectivity index (χ4v) is 2.63. The summed E-state index contributed by atoms with van der Waals surface area (Å²) in [5, 5.41) is 15.3. The van der Waals surface area contributed by atoms with E-state index in [0.717, 1.165) is 16.3 Å². The molecule has 4 nitrogen and oxygen atoms in total. The SMILES string of the molecule is O=C(/C=C/c1ccco1)NCCC(O)c1cccc2ccccc12. The van der Waals surface area contributed by atoms with E-state index in [1.165, 1.54) is 6.08 Å². The molecule has 2 N–H and O–H groups in total. The molecular formula is C20H19NO3. The van der Waals surface area contributed by atoms with E-state index < -0.39 is 6.10 Å². The summed E-state index contributed by atoms with van der Waals surface area (Å²) >= 11 is 0. The van der Waals surface area contributed by atoms with Gasteiger partial charge in [0.05, 0.1) is 12.4 Å². The first kappa shape index (κ1) is 16.0. The van der Waals surface area contributed by atoms with Crippen molar-refractivity contribution in [1.29, 1.82) is 0 Å². The topological polar surface area (TPSA) is 62.5 Å². The van der Waals surface area contributed by atoms with Crippen LogP contribution in [0, 0.1) is 0 Å². The van der Waals surface area contributed by atoms with Crippen molar-refractivity contribution in [3.05, 3.63) is 78.3 Å². The van der Waals surface area contributed by atoms with Crippen LogP contribution in [0.25, 0.3) is 16.8 Å². The van der Waals surface area contributed by atoms with Crippen molar-refractivity contribution in [3.63, 3.8) is 0 Å². The summed E-state index contributed by atoms with van der Waals surface area (Å²) in [6, 6.07) is 17.4. The highest BCUT2D eigenvalue weighted by atomic mass is 16.3. The summed E-state index contributed by atoms with van der Waals surface area (Å²) in [5.41, 5.74) is 0.883. The monoisotopic (exact) mass is 321 g/mol. The van der Waals surface area contributed by atoms with Crippen LogP contribution >= 0.6 is 0 Å². The van der Waals surface area contributed by atoms with E-state index in [-0.39, 0.29) is 5.91 Å². The molecule has 0 saturated carbocycles. The Labute approximate surface area is 140 Å². The Hall–Kier alpha value is -2.85. The molecule has 0 aliphatic heterocycles. The van der Waals surface area contributed by atoms with E-state index in [2.05, 4.69) is 5.32 Å². The molecule has 122 valence electrons. The summed E-state index contributed by atoms with van der Waals surface area (Å²) in [6.07, 6.45) is 4.41. The van der Waals surface area contributed by atoms with E-state index >= 15 is 0 Å². The van der Waals surface area contributed by atoms with Crippen LogP contribution in [0.3, 0.4) is 0 Å². The molecule has 0 aliphatic rings. The van der Waals surface area contributed by atoms with Gasteiger partial charge in [-0.3, -0.25) is 4.79 Å². The molecule has 0 aliphatic carbocycles. The molecule has 1 unspecified atom stereocenters. The molecule has 24 heavy (non-hydrogen) atoms. The Balaban J connectivity index is 1.55. The summed E-state index contributed by atoms with van der Waals surface area (Å²) in [5.74, 6) is 0.414. The van der Waals surface area contributed by atoms with Crippen LogP contribution in [0.5, 0.6) is 0 Å². The molecule has 1 aromatic heterocycles. The molecule has 1 amide bonds. The number of rotatable bonds is 6. The Morgan fingerprint density at radius 2 is 1.96 bits per heavy atom. The third-order valence-corrected chi connectivity index (χ3v) is 3.84. The highest BCUT2D eigenvalue weighted by Gasteiger charge is 2.11. The fourth-order valence-electron chi connectivity index (χ4n) is 2.63.